The smallest absolute Gasteiger partial charge is 0.127 e. The summed E-state index contributed by atoms with van der Waals surface area (Å²) < 4.78 is 14.5. The maximum absolute atomic E-state index is 13.8. The fraction of sp³-hybridized carbons (Fsp3) is 0.571. The molecule has 0 atom stereocenters. The molecular formula is C14H19BrFNO. The molecule has 1 fully saturated rings. The highest BCUT2D eigenvalue weighted by Gasteiger charge is 2.32. The monoisotopic (exact) mass is 315 g/mol. The van der Waals surface area contributed by atoms with Crippen LogP contribution < -0.4 is 0 Å². The van der Waals surface area contributed by atoms with Gasteiger partial charge in [-0.2, -0.15) is 0 Å². The van der Waals surface area contributed by atoms with E-state index in [1.54, 1.807) is 6.07 Å². The largest absolute Gasteiger partial charge is 0.389 e. The fourth-order valence-corrected chi connectivity index (χ4v) is 2.81. The molecule has 0 aromatic heterocycles. The molecule has 1 aromatic carbocycles. The standard InChI is InChI=1S/C14H19BrFNO/c1-2-17-7-5-14(18,6-8-17)10-11-3-4-12(15)9-13(11)16/h3-4,9,18H,2,5-8,10H2,1H3. The van der Waals surface area contributed by atoms with Gasteiger partial charge in [0.15, 0.2) is 0 Å². The molecule has 1 aromatic rings. The molecule has 0 radical (unpaired) electrons. The van der Waals surface area contributed by atoms with Gasteiger partial charge in [0.05, 0.1) is 5.60 Å². The summed E-state index contributed by atoms with van der Waals surface area (Å²) in [5, 5.41) is 10.5. The Morgan fingerprint density at radius 3 is 2.61 bits per heavy atom. The third-order valence-electron chi connectivity index (χ3n) is 3.77. The van der Waals surface area contributed by atoms with Crippen LogP contribution >= 0.6 is 15.9 Å². The Morgan fingerprint density at radius 2 is 2.06 bits per heavy atom. The molecule has 0 unspecified atom stereocenters. The van der Waals surface area contributed by atoms with Crippen molar-refractivity contribution in [1.82, 2.24) is 4.90 Å². The lowest BCUT2D eigenvalue weighted by atomic mass is 9.85. The van der Waals surface area contributed by atoms with Crippen LogP contribution in [0.25, 0.3) is 0 Å². The number of nitrogens with zero attached hydrogens (tertiary/aromatic N) is 1. The zero-order chi connectivity index (χ0) is 13.2. The average Bonchev–Trinajstić information content (AvgIpc) is 2.34. The Labute approximate surface area is 116 Å². The molecule has 0 spiro atoms. The van der Waals surface area contributed by atoms with E-state index in [4.69, 9.17) is 0 Å². The van der Waals surface area contributed by atoms with Crippen molar-refractivity contribution in [1.29, 1.82) is 0 Å². The van der Waals surface area contributed by atoms with Crippen molar-refractivity contribution in [2.24, 2.45) is 0 Å². The zero-order valence-corrected chi connectivity index (χ0v) is 12.2. The number of likely N-dealkylation sites (tertiary alicyclic amines) is 1. The quantitative estimate of drug-likeness (QED) is 0.927. The van der Waals surface area contributed by atoms with E-state index in [1.165, 1.54) is 6.07 Å². The molecule has 0 saturated carbocycles. The van der Waals surface area contributed by atoms with Gasteiger partial charge in [0.25, 0.3) is 0 Å². The van der Waals surface area contributed by atoms with Crippen LogP contribution in [0.15, 0.2) is 22.7 Å². The predicted molar refractivity (Wildman–Crippen MR) is 74.1 cm³/mol. The van der Waals surface area contributed by atoms with Crippen molar-refractivity contribution in [3.05, 3.63) is 34.1 Å². The van der Waals surface area contributed by atoms with Crippen LogP contribution in [-0.4, -0.2) is 35.2 Å². The van der Waals surface area contributed by atoms with Crippen LogP contribution in [0.5, 0.6) is 0 Å². The minimum absolute atomic E-state index is 0.240. The van der Waals surface area contributed by atoms with Gasteiger partial charge in [-0.15, -0.1) is 0 Å². The van der Waals surface area contributed by atoms with E-state index in [1.807, 2.05) is 6.07 Å². The summed E-state index contributed by atoms with van der Waals surface area (Å²) in [5.41, 5.74) is -0.147. The van der Waals surface area contributed by atoms with Gasteiger partial charge in [0, 0.05) is 24.0 Å². The predicted octanol–water partition coefficient (Wildman–Crippen LogP) is 2.98. The molecule has 1 heterocycles. The van der Waals surface area contributed by atoms with E-state index in [0.717, 1.165) is 36.9 Å². The number of halogens is 2. The van der Waals surface area contributed by atoms with Crippen molar-refractivity contribution in [2.45, 2.75) is 31.8 Å². The summed E-state index contributed by atoms with van der Waals surface area (Å²) in [6.07, 6.45) is 1.84. The zero-order valence-electron chi connectivity index (χ0n) is 10.6. The Bertz CT molecular complexity index is 416. The van der Waals surface area contributed by atoms with Crippen LogP contribution in [0.3, 0.4) is 0 Å². The van der Waals surface area contributed by atoms with E-state index in [-0.39, 0.29) is 5.82 Å². The van der Waals surface area contributed by atoms with Crippen LogP contribution in [0.4, 0.5) is 4.39 Å². The third kappa shape index (κ3) is 3.31. The van der Waals surface area contributed by atoms with Gasteiger partial charge in [0.2, 0.25) is 0 Å². The van der Waals surface area contributed by atoms with Crippen molar-refractivity contribution in [3.63, 3.8) is 0 Å². The van der Waals surface area contributed by atoms with Gasteiger partial charge in [-0.25, -0.2) is 4.39 Å². The lowest BCUT2D eigenvalue weighted by Gasteiger charge is -2.38. The first kappa shape index (κ1) is 14.0. The van der Waals surface area contributed by atoms with Crippen LogP contribution in [0.2, 0.25) is 0 Å². The topological polar surface area (TPSA) is 23.5 Å². The van der Waals surface area contributed by atoms with Gasteiger partial charge in [-0.05, 0) is 37.1 Å². The maximum atomic E-state index is 13.8. The molecule has 1 aliphatic rings. The van der Waals surface area contributed by atoms with Crippen LogP contribution in [-0.2, 0) is 6.42 Å². The van der Waals surface area contributed by atoms with Gasteiger partial charge < -0.3 is 10.0 Å². The summed E-state index contributed by atoms with van der Waals surface area (Å²) >= 11 is 3.24. The maximum Gasteiger partial charge on any atom is 0.127 e. The van der Waals surface area contributed by atoms with E-state index in [0.29, 0.717) is 12.0 Å². The molecule has 2 rings (SSSR count). The summed E-state index contributed by atoms with van der Waals surface area (Å²) in [7, 11) is 0. The molecule has 100 valence electrons. The molecule has 1 N–H and O–H groups in total. The molecule has 0 aliphatic carbocycles. The highest BCUT2D eigenvalue weighted by atomic mass is 79.9. The normalized spacial score (nSPS) is 20.0. The Morgan fingerprint density at radius 1 is 1.39 bits per heavy atom. The van der Waals surface area contributed by atoms with E-state index in [2.05, 4.69) is 27.8 Å². The van der Waals surface area contributed by atoms with Crippen LogP contribution in [0, 0.1) is 5.82 Å². The molecule has 0 amide bonds. The molecule has 1 aliphatic heterocycles. The molecule has 0 bridgehead atoms. The van der Waals surface area contributed by atoms with Crippen molar-refractivity contribution >= 4 is 15.9 Å². The number of aliphatic hydroxyl groups is 1. The van der Waals surface area contributed by atoms with Crippen molar-refractivity contribution in [3.8, 4) is 0 Å². The SMILES string of the molecule is CCN1CCC(O)(Cc2ccc(Br)cc2F)CC1. The first-order valence-electron chi connectivity index (χ1n) is 6.41. The number of benzene rings is 1. The highest BCUT2D eigenvalue weighted by molar-refractivity contribution is 9.10. The molecular weight excluding hydrogens is 297 g/mol. The number of rotatable bonds is 3. The number of hydrogen-bond donors (Lipinski definition) is 1. The first-order chi connectivity index (χ1) is 8.52. The summed E-state index contributed by atoms with van der Waals surface area (Å²) in [4.78, 5) is 2.31. The Kier molecular flexibility index (Phi) is 4.41. The van der Waals surface area contributed by atoms with Crippen molar-refractivity contribution < 1.29 is 9.50 Å². The van der Waals surface area contributed by atoms with Crippen molar-refractivity contribution in [2.75, 3.05) is 19.6 Å². The summed E-state index contributed by atoms with van der Waals surface area (Å²) in [5.74, 6) is -0.240. The third-order valence-corrected chi connectivity index (χ3v) is 4.26. The van der Waals surface area contributed by atoms with Gasteiger partial charge in [-0.1, -0.05) is 28.9 Å². The minimum atomic E-state index is -0.750. The molecule has 2 nitrogen and oxygen atoms in total. The molecule has 18 heavy (non-hydrogen) atoms. The number of piperidine rings is 1. The Hall–Kier alpha value is -0.450. The average molecular weight is 316 g/mol. The van der Waals surface area contributed by atoms with Gasteiger partial charge >= 0.3 is 0 Å². The molecule has 4 heteroatoms. The van der Waals surface area contributed by atoms with Gasteiger partial charge in [0.1, 0.15) is 5.82 Å². The lowest BCUT2D eigenvalue weighted by molar-refractivity contribution is -0.0199. The minimum Gasteiger partial charge on any atom is -0.389 e. The molecule has 1 saturated heterocycles. The first-order valence-corrected chi connectivity index (χ1v) is 7.20. The highest BCUT2D eigenvalue weighted by Crippen LogP contribution is 2.28. The number of hydrogen-bond acceptors (Lipinski definition) is 2. The van der Waals surface area contributed by atoms with Crippen LogP contribution in [0.1, 0.15) is 25.3 Å². The lowest BCUT2D eigenvalue weighted by Crippen LogP contribution is -2.45. The Balaban J connectivity index is 2.04. The van der Waals surface area contributed by atoms with E-state index in [9.17, 15) is 9.50 Å². The van der Waals surface area contributed by atoms with E-state index >= 15 is 0 Å². The second-order valence-corrected chi connectivity index (χ2v) is 5.99. The fourth-order valence-electron chi connectivity index (χ4n) is 2.48. The van der Waals surface area contributed by atoms with E-state index < -0.39 is 5.60 Å². The van der Waals surface area contributed by atoms with Gasteiger partial charge in [-0.3, -0.25) is 0 Å². The summed E-state index contributed by atoms with van der Waals surface area (Å²) in [6, 6.07) is 5.03. The summed E-state index contributed by atoms with van der Waals surface area (Å²) in [6.45, 7) is 4.93. The second kappa shape index (κ2) is 5.68. The second-order valence-electron chi connectivity index (χ2n) is 5.07.